The van der Waals surface area contributed by atoms with Gasteiger partial charge in [0.2, 0.25) is 5.95 Å². The Morgan fingerprint density at radius 3 is 2.46 bits per heavy atom. The second-order valence-corrected chi connectivity index (χ2v) is 9.10. The SMILES string of the molecule is O=C(NCCNc1nc(-c2ccco2)c2sccc2n1)OCC1c2ccccc2-c2ccccc21. The zero-order valence-corrected chi connectivity index (χ0v) is 19.5. The molecule has 0 unspecified atom stereocenters. The summed E-state index contributed by atoms with van der Waals surface area (Å²) in [5.41, 5.74) is 6.40. The molecule has 0 bridgehead atoms. The van der Waals surface area contributed by atoms with Gasteiger partial charge in [-0.15, -0.1) is 11.3 Å². The quantitative estimate of drug-likeness (QED) is 0.281. The summed E-state index contributed by atoms with van der Waals surface area (Å²) in [5.74, 6) is 1.22. The molecule has 3 aromatic heterocycles. The Labute approximate surface area is 205 Å². The molecule has 0 saturated heterocycles. The summed E-state index contributed by atoms with van der Waals surface area (Å²) in [4.78, 5) is 21.6. The Morgan fingerprint density at radius 1 is 0.943 bits per heavy atom. The van der Waals surface area contributed by atoms with Gasteiger partial charge in [0.25, 0.3) is 0 Å². The average Bonchev–Trinajstić information content (AvgIpc) is 3.64. The summed E-state index contributed by atoms with van der Waals surface area (Å²) in [6.07, 6.45) is 1.18. The van der Waals surface area contributed by atoms with Crippen LogP contribution < -0.4 is 10.6 Å². The zero-order valence-electron chi connectivity index (χ0n) is 18.7. The molecule has 0 radical (unpaired) electrons. The first kappa shape index (κ1) is 21.4. The van der Waals surface area contributed by atoms with E-state index in [1.54, 1.807) is 17.6 Å². The number of hydrogen-bond donors (Lipinski definition) is 2. The van der Waals surface area contributed by atoms with Crippen LogP contribution in [0.1, 0.15) is 17.0 Å². The van der Waals surface area contributed by atoms with Crippen LogP contribution in [0.3, 0.4) is 0 Å². The molecule has 0 spiro atoms. The second kappa shape index (κ2) is 9.23. The fourth-order valence-electron chi connectivity index (χ4n) is 4.51. The number of carbonyl (C=O) groups excluding carboxylic acids is 1. The van der Waals surface area contributed by atoms with Crippen LogP contribution in [0.4, 0.5) is 10.7 Å². The number of ether oxygens (including phenoxy) is 1. The summed E-state index contributed by atoms with van der Waals surface area (Å²) in [5, 5.41) is 7.96. The van der Waals surface area contributed by atoms with Crippen molar-refractivity contribution in [3.05, 3.63) is 89.5 Å². The van der Waals surface area contributed by atoms with E-state index in [1.165, 1.54) is 22.3 Å². The van der Waals surface area contributed by atoms with Gasteiger partial charge in [-0.3, -0.25) is 0 Å². The highest BCUT2D eigenvalue weighted by atomic mass is 32.1. The summed E-state index contributed by atoms with van der Waals surface area (Å²) in [6, 6.07) is 22.2. The number of aromatic nitrogens is 2. The molecule has 35 heavy (non-hydrogen) atoms. The second-order valence-electron chi connectivity index (χ2n) is 8.19. The van der Waals surface area contributed by atoms with Gasteiger partial charge in [0, 0.05) is 19.0 Å². The van der Waals surface area contributed by atoms with Crippen molar-refractivity contribution in [2.45, 2.75) is 5.92 Å². The minimum atomic E-state index is -0.445. The third-order valence-corrected chi connectivity index (χ3v) is 6.99. The van der Waals surface area contributed by atoms with Crippen LogP contribution >= 0.6 is 11.3 Å². The fourth-order valence-corrected chi connectivity index (χ4v) is 5.34. The number of nitrogens with one attached hydrogen (secondary N) is 2. The van der Waals surface area contributed by atoms with E-state index >= 15 is 0 Å². The van der Waals surface area contributed by atoms with Gasteiger partial charge < -0.3 is 19.8 Å². The molecule has 0 aliphatic heterocycles. The molecule has 8 heteroatoms. The molecule has 7 nitrogen and oxygen atoms in total. The Hall–Kier alpha value is -4.17. The standard InChI is InChI=1S/C27H22N4O3S/c32-27(34-16-21-19-8-3-1-6-17(19)18-7-2-4-9-20(18)21)29-13-12-28-26-30-22-11-15-35-25(22)24(31-26)23-10-5-14-33-23/h1-11,14-15,21H,12-13,16H2,(H,29,32)(H,28,30,31). The van der Waals surface area contributed by atoms with Crippen molar-refractivity contribution in [1.82, 2.24) is 15.3 Å². The number of thiophene rings is 1. The topological polar surface area (TPSA) is 89.3 Å². The maximum absolute atomic E-state index is 12.4. The van der Waals surface area contributed by atoms with E-state index in [0.29, 0.717) is 24.8 Å². The van der Waals surface area contributed by atoms with Gasteiger partial charge in [0.05, 0.1) is 16.5 Å². The van der Waals surface area contributed by atoms with Gasteiger partial charge in [-0.1, -0.05) is 48.5 Å². The van der Waals surface area contributed by atoms with E-state index in [1.807, 2.05) is 47.8 Å². The van der Waals surface area contributed by atoms with Crippen molar-refractivity contribution < 1.29 is 13.9 Å². The van der Waals surface area contributed by atoms with Crippen LogP contribution in [0.15, 0.2) is 82.8 Å². The minimum Gasteiger partial charge on any atom is -0.463 e. The molecule has 3 heterocycles. The van der Waals surface area contributed by atoms with E-state index < -0.39 is 6.09 Å². The Balaban J connectivity index is 1.05. The van der Waals surface area contributed by atoms with Crippen molar-refractivity contribution in [3.63, 3.8) is 0 Å². The van der Waals surface area contributed by atoms with Crippen molar-refractivity contribution >= 4 is 33.6 Å². The van der Waals surface area contributed by atoms with Gasteiger partial charge in [0.15, 0.2) is 5.76 Å². The zero-order chi connectivity index (χ0) is 23.6. The minimum absolute atomic E-state index is 0.0389. The highest BCUT2D eigenvalue weighted by molar-refractivity contribution is 7.17. The number of amides is 1. The lowest BCUT2D eigenvalue weighted by molar-refractivity contribution is 0.143. The van der Waals surface area contributed by atoms with Gasteiger partial charge in [-0.05, 0) is 45.8 Å². The van der Waals surface area contributed by atoms with E-state index in [0.717, 1.165) is 15.9 Å². The molecule has 5 aromatic rings. The number of fused-ring (bicyclic) bond motifs is 4. The Bertz CT molecular complexity index is 1450. The van der Waals surface area contributed by atoms with E-state index in [4.69, 9.17) is 9.15 Å². The van der Waals surface area contributed by atoms with Crippen LogP contribution in [0.2, 0.25) is 0 Å². The first-order valence-corrected chi connectivity index (χ1v) is 12.3. The largest absolute Gasteiger partial charge is 0.463 e. The van der Waals surface area contributed by atoms with Crippen molar-refractivity contribution in [2.24, 2.45) is 0 Å². The lowest BCUT2D eigenvalue weighted by atomic mass is 9.98. The average molecular weight is 483 g/mol. The van der Waals surface area contributed by atoms with Crippen molar-refractivity contribution in [1.29, 1.82) is 0 Å². The molecule has 0 atom stereocenters. The normalized spacial score (nSPS) is 12.3. The maximum Gasteiger partial charge on any atom is 0.407 e. The lowest BCUT2D eigenvalue weighted by Crippen LogP contribution is -2.30. The van der Waals surface area contributed by atoms with E-state index in [9.17, 15) is 4.79 Å². The van der Waals surface area contributed by atoms with E-state index in [-0.39, 0.29) is 12.5 Å². The number of furan rings is 1. The van der Waals surface area contributed by atoms with Crippen molar-refractivity contribution in [2.75, 3.05) is 25.0 Å². The molecule has 2 aromatic carbocycles. The first-order chi connectivity index (χ1) is 17.3. The van der Waals surface area contributed by atoms with Crippen LogP contribution in [0.5, 0.6) is 0 Å². The van der Waals surface area contributed by atoms with Crippen LogP contribution in [0.25, 0.3) is 32.8 Å². The molecule has 1 aliphatic carbocycles. The molecule has 1 aliphatic rings. The van der Waals surface area contributed by atoms with E-state index in [2.05, 4.69) is 44.9 Å². The lowest BCUT2D eigenvalue weighted by Gasteiger charge is -2.14. The Kier molecular flexibility index (Phi) is 5.64. The summed E-state index contributed by atoms with van der Waals surface area (Å²) >= 11 is 1.57. The molecule has 1 amide bonds. The molecule has 0 saturated carbocycles. The summed E-state index contributed by atoms with van der Waals surface area (Å²) in [7, 11) is 0. The number of hydrogen-bond acceptors (Lipinski definition) is 7. The smallest absolute Gasteiger partial charge is 0.407 e. The first-order valence-electron chi connectivity index (χ1n) is 11.4. The van der Waals surface area contributed by atoms with Gasteiger partial charge in [-0.25, -0.2) is 14.8 Å². The highest BCUT2D eigenvalue weighted by Crippen LogP contribution is 2.44. The third kappa shape index (κ3) is 4.13. The molecular weight excluding hydrogens is 460 g/mol. The van der Waals surface area contributed by atoms with Crippen LogP contribution in [-0.2, 0) is 4.74 Å². The molecule has 0 fully saturated rings. The monoisotopic (exact) mass is 482 g/mol. The van der Waals surface area contributed by atoms with Gasteiger partial charge in [-0.2, -0.15) is 0 Å². The predicted molar refractivity (Wildman–Crippen MR) is 137 cm³/mol. The maximum atomic E-state index is 12.4. The molecule has 2 N–H and O–H groups in total. The molecular formula is C27H22N4O3S. The fraction of sp³-hybridized carbons (Fsp3) is 0.148. The third-order valence-electron chi connectivity index (χ3n) is 6.08. The number of alkyl carbamates (subject to hydrolysis) is 1. The van der Waals surface area contributed by atoms with Crippen LogP contribution in [-0.4, -0.2) is 35.8 Å². The number of nitrogens with zero attached hydrogens (tertiary/aromatic N) is 2. The predicted octanol–water partition coefficient (Wildman–Crippen LogP) is 5.90. The Morgan fingerprint density at radius 2 is 1.71 bits per heavy atom. The molecule has 174 valence electrons. The number of benzene rings is 2. The number of rotatable bonds is 7. The van der Waals surface area contributed by atoms with Gasteiger partial charge in [0.1, 0.15) is 12.3 Å². The number of anilines is 1. The van der Waals surface area contributed by atoms with Crippen LogP contribution in [0, 0.1) is 0 Å². The summed E-state index contributed by atoms with van der Waals surface area (Å²) < 4.78 is 12.1. The highest BCUT2D eigenvalue weighted by Gasteiger charge is 2.28. The van der Waals surface area contributed by atoms with Crippen molar-refractivity contribution in [3.8, 4) is 22.6 Å². The molecule has 6 rings (SSSR count). The number of carbonyl (C=O) groups is 1. The summed E-state index contributed by atoms with van der Waals surface area (Å²) in [6.45, 7) is 1.12. The van der Waals surface area contributed by atoms with Gasteiger partial charge >= 0.3 is 6.09 Å².